The summed E-state index contributed by atoms with van der Waals surface area (Å²) in [4.78, 5) is 57.7. The number of pyridine rings is 1. The Balaban J connectivity index is 1.15. The van der Waals surface area contributed by atoms with E-state index in [4.69, 9.17) is 9.72 Å². The smallest absolute Gasteiger partial charge is 0.410 e. The van der Waals surface area contributed by atoms with Crippen molar-refractivity contribution < 1.29 is 19.1 Å². The fraction of sp³-hybridized carbons (Fsp3) is 0.533. The highest BCUT2D eigenvalue weighted by Gasteiger charge is 2.48. The Morgan fingerprint density at radius 1 is 0.976 bits per heavy atom. The Hall–Kier alpha value is -4.22. The van der Waals surface area contributed by atoms with Crippen molar-refractivity contribution >= 4 is 40.7 Å². The van der Waals surface area contributed by atoms with Crippen LogP contribution in [-0.2, 0) is 4.74 Å². The molecule has 12 heteroatoms. The van der Waals surface area contributed by atoms with E-state index in [1.165, 1.54) is 0 Å². The van der Waals surface area contributed by atoms with Gasteiger partial charge < -0.3 is 29.3 Å². The van der Waals surface area contributed by atoms with E-state index in [1.54, 1.807) is 48.4 Å². The summed E-state index contributed by atoms with van der Waals surface area (Å²) in [6.45, 7) is 6.51. The molecule has 2 unspecified atom stereocenters. The van der Waals surface area contributed by atoms with E-state index in [2.05, 4.69) is 19.9 Å². The molecular formula is C30H38N8O4. The number of piperazine rings is 1. The van der Waals surface area contributed by atoms with E-state index in [-0.39, 0.29) is 36.0 Å². The van der Waals surface area contributed by atoms with E-state index in [0.717, 1.165) is 43.1 Å². The summed E-state index contributed by atoms with van der Waals surface area (Å²) in [7, 11) is 3.51. The second-order valence-electron chi connectivity index (χ2n) is 12.7. The highest BCUT2D eigenvalue weighted by molar-refractivity contribution is 5.98. The summed E-state index contributed by atoms with van der Waals surface area (Å²) < 4.78 is 7.60. The molecule has 2 aliphatic heterocycles. The van der Waals surface area contributed by atoms with Crippen molar-refractivity contribution in [1.29, 1.82) is 0 Å². The van der Waals surface area contributed by atoms with Gasteiger partial charge in [0.25, 0.3) is 11.8 Å². The van der Waals surface area contributed by atoms with E-state index in [0.29, 0.717) is 36.1 Å². The zero-order valence-corrected chi connectivity index (χ0v) is 24.8. The SMILES string of the molecule is CN(C)C(=O)c1cc2cnc(Nc3ccc(C(=O)N4CC5CC4CN5C(=O)OC(C)(C)C)cn3)nc2n1C1CCCC1. The Kier molecular flexibility index (Phi) is 7.02. The number of fused-ring (bicyclic) bond motifs is 3. The van der Waals surface area contributed by atoms with Gasteiger partial charge in [-0.1, -0.05) is 12.8 Å². The zero-order valence-electron chi connectivity index (χ0n) is 24.8. The van der Waals surface area contributed by atoms with Crippen LogP contribution in [0.5, 0.6) is 0 Å². The third-order valence-corrected chi connectivity index (χ3v) is 8.27. The molecule has 0 aromatic carbocycles. The number of likely N-dealkylation sites (tertiary alicyclic amines) is 2. The molecule has 0 spiro atoms. The lowest BCUT2D eigenvalue weighted by molar-refractivity contribution is 0.0126. The van der Waals surface area contributed by atoms with Crippen LogP contribution >= 0.6 is 0 Å². The largest absolute Gasteiger partial charge is 0.444 e. The minimum absolute atomic E-state index is 0.0340. The third kappa shape index (κ3) is 5.25. The van der Waals surface area contributed by atoms with Crippen molar-refractivity contribution in [2.24, 2.45) is 0 Å². The van der Waals surface area contributed by atoms with Crippen molar-refractivity contribution in [2.45, 2.75) is 76.6 Å². The summed E-state index contributed by atoms with van der Waals surface area (Å²) in [5.74, 6) is 0.721. The number of hydrogen-bond donors (Lipinski definition) is 1. The molecule has 1 N–H and O–H groups in total. The Bertz CT molecular complexity index is 1520. The van der Waals surface area contributed by atoms with Crippen LogP contribution < -0.4 is 5.32 Å². The predicted octanol–water partition coefficient (Wildman–Crippen LogP) is 4.22. The summed E-state index contributed by atoms with van der Waals surface area (Å²) in [6.07, 6.45) is 7.99. The van der Waals surface area contributed by atoms with Gasteiger partial charge in [-0.05, 0) is 58.2 Å². The number of nitrogens with zero attached hydrogens (tertiary/aromatic N) is 7. The van der Waals surface area contributed by atoms with E-state index in [1.807, 2.05) is 31.7 Å². The number of aromatic nitrogens is 4. The number of rotatable bonds is 5. The maximum absolute atomic E-state index is 13.3. The lowest BCUT2D eigenvalue weighted by atomic mass is 10.2. The van der Waals surface area contributed by atoms with Crippen LogP contribution in [0.1, 0.15) is 79.8 Å². The van der Waals surface area contributed by atoms with Gasteiger partial charge in [-0.2, -0.15) is 4.98 Å². The molecule has 1 aliphatic carbocycles. The average Bonchev–Trinajstić information content (AvgIpc) is 3.74. The second kappa shape index (κ2) is 10.6. The van der Waals surface area contributed by atoms with Crippen LogP contribution in [0.4, 0.5) is 16.6 Å². The fourth-order valence-electron chi connectivity index (χ4n) is 6.33. The topological polar surface area (TPSA) is 126 Å². The molecule has 1 saturated carbocycles. The monoisotopic (exact) mass is 574 g/mol. The van der Waals surface area contributed by atoms with Crippen LogP contribution in [-0.4, -0.2) is 97.0 Å². The van der Waals surface area contributed by atoms with E-state index in [9.17, 15) is 14.4 Å². The number of hydrogen-bond acceptors (Lipinski definition) is 8. The lowest BCUT2D eigenvalue weighted by Gasteiger charge is -2.35. The van der Waals surface area contributed by atoms with Crippen molar-refractivity contribution in [2.75, 3.05) is 32.5 Å². The van der Waals surface area contributed by atoms with Crippen LogP contribution in [0.25, 0.3) is 11.0 Å². The summed E-state index contributed by atoms with van der Waals surface area (Å²) in [5, 5.41) is 3.97. The maximum Gasteiger partial charge on any atom is 0.410 e. The highest BCUT2D eigenvalue weighted by atomic mass is 16.6. The van der Waals surface area contributed by atoms with Gasteiger partial charge >= 0.3 is 6.09 Å². The van der Waals surface area contributed by atoms with E-state index >= 15 is 0 Å². The molecule has 3 aliphatic rings. The Labute approximate surface area is 245 Å². The number of ether oxygens (including phenoxy) is 1. The van der Waals surface area contributed by atoms with Gasteiger partial charge in [-0.25, -0.2) is 14.8 Å². The molecule has 6 rings (SSSR count). The zero-order chi connectivity index (χ0) is 29.8. The Morgan fingerprint density at radius 3 is 2.31 bits per heavy atom. The summed E-state index contributed by atoms with van der Waals surface area (Å²) in [6, 6.07) is 5.50. The number of nitrogens with one attached hydrogen (secondary N) is 1. The van der Waals surface area contributed by atoms with Gasteiger partial charge in [0.1, 0.15) is 22.8 Å². The van der Waals surface area contributed by atoms with Crippen LogP contribution in [0.15, 0.2) is 30.6 Å². The van der Waals surface area contributed by atoms with Crippen LogP contribution in [0.2, 0.25) is 0 Å². The standard InChI is InChI=1S/C30H38N8O4/c1-30(2,3)42-29(41)37-17-21-13-22(37)16-36(21)26(39)18-10-11-24(31-14-18)33-28-32-15-19-12-23(27(40)35(4)5)38(25(19)34-28)20-8-6-7-9-20/h10-12,14-15,20-22H,6-9,13,16-17H2,1-5H3,(H,31,32,33,34). The fourth-order valence-corrected chi connectivity index (χ4v) is 6.33. The molecule has 2 bridgehead atoms. The minimum Gasteiger partial charge on any atom is -0.444 e. The molecular weight excluding hydrogens is 536 g/mol. The summed E-state index contributed by atoms with van der Waals surface area (Å²) in [5.41, 5.74) is 1.27. The van der Waals surface area contributed by atoms with Gasteiger partial charge in [0.2, 0.25) is 5.95 Å². The van der Waals surface area contributed by atoms with Crippen molar-refractivity contribution in [3.63, 3.8) is 0 Å². The molecule has 12 nitrogen and oxygen atoms in total. The minimum atomic E-state index is -0.555. The first-order valence-corrected chi connectivity index (χ1v) is 14.6. The predicted molar refractivity (Wildman–Crippen MR) is 157 cm³/mol. The number of carbonyl (C=O) groups excluding carboxylic acids is 3. The lowest BCUT2D eigenvalue weighted by Crippen LogP contribution is -2.51. The van der Waals surface area contributed by atoms with Gasteiger partial charge in [0, 0.05) is 51.0 Å². The molecule has 42 heavy (non-hydrogen) atoms. The van der Waals surface area contributed by atoms with Gasteiger partial charge in [0.05, 0.1) is 17.6 Å². The molecule has 3 fully saturated rings. The molecule has 3 aromatic rings. The first-order valence-electron chi connectivity index (χ1n) is 14.6. The first kappa shape index (κ1) is 27.9. The van der Waals surface area contributed by atoms with Crippen molar-refractivity contribution in [3.8, 4) is 0 Å². The van der Waals surface area contributed by atoms with Gasteiger partial charge in [-0.3, -0.25) is 9.59 Å². The number of carbonyl (C=O) groups is 3. The average molecular weight is 575 g/mol. The first-order chi connectivity index (χ1) is 20.0. The molecule has 222 valence electrons. The van der Waals surface area contributed by atoms with Crippen molar-refractivity contribution in [3.05, 3.63) is 41.9 Å². The molecule has 3 aromatic heterocycles. The normalized spacial score (nSPS) is 20.4. The highest BCUT2D eigenvalue weighted by Crippen LogP contribution is 2.35. The maximum atomic E-state index is 13.3. The summed E-state index contributed by atoms with van der Waals surface area (Å²) >= 11 is 0. The molecule has 2 saturated heterocycles. The molecule has 2 atom stereocenters. The Morgan fingerprint density at radius 2 is 1.69 bits per heavy atom. The molecule has 3 amide bonds. The van der Waals surface area contributed by atoms with Gasteiger partial charge in [-0.15, -0.1) is 0 Å². The van der Waals surface area contributed by atoms with Crippen LogP contribution in [0, 0.1) is 0 Å². The van der Waals surface area contributed by atoms with Gasteiger partial charge in [0.15, 0.2) is 0 Å². The molecule has 0 radical (unpaired) electrons. The second-order valence-corrected chi connectivity index (χ2v) is 12.7. The number of amides is 3. The molecule has 5 heterocycles. The quantitative estimate of drug-likeness (QED) is 0.480. The van der Waals surface area contributed by atoms with E-state index < -0.39 is 5.60 Å². The number of anilines is 2. The van der Waals surface area contributed by atoms with Crippen LogP contribution in [0.3, 0.4) is 0 Å². The van der Waals surface area contributed by atoms with Crippen molar-refractivity contribution in [1.82, 2.24) is 34.2 Å². The third-order valence-electron chi connectivity index (χ3n) is 8.27.